The largest absolute Gasteiger partial charge is 0.338 e. The number of piperidine rings is 1. The number of fused-ring (bicyclic) bond motifs is 4. The summed E-state index contributed by atoms with van der Waals surface area (Å²) in [5.41, 5.74) is 3.11. The molecule has 30 heavy (non-hydrogen) atoms. The lowest BCUT2D eigenvalue weighted by Gasteiger charge is -2.42. The highest BCUT2D eigenvalue weighted by atomic mass is 16.2. The van der Waals surface area contributed by atoms with Crippen LogP contribution in [0, 0.1) is 12.8 Å². The highest BCUT2D eigenvalue weighted by molar-refractivity contribution is 5.95. The first-order chi connectivity index (χ1) is 14.5. The van der Waals surface area contributed by atoms with Crippen molar-refractivity contribution in [2.24, 2.45) is 13.0 Å². The molecule has 8 heteroatoms. The summed E-state index contributed by atoms with van der Waals surface area (Å²) in [6.45, 7) is 6.59. The van der Waals surface area contributed by atoms with E-state index in [1.165, 1.54) is 0 Å². The van der Waals surface area contributed by atoms with E-state index in [-0.39, 0.29) is 23.3 Å². The molecule has 1 amide bonds. The second-order valence-corrected chi connectivity index (χ2v) is 8.44. The van der Waals surface area contributed by atoms with Crippen molar-refractivity contribution in [2.45, 2.75) is 39.3 Å². The fourth-order valence-electron chi connectivity index (χ4n) is 4.97. The Bertz CT molecular complexity index is 1190. The van der Waals surface area contributed by atoms with E-state index in [2.05, 4.69) is 10.1 Å². The van der Waals surface area contributed by atoms with Gasteiger partial charge in [0.1, 0.15) is 5.82 Å². The zero-order valence-electron chi connectivity index (χ0n) is 17.6. The van der Waals surface area contributed by atoms with E-state index in [4.69, 9.17) is 0 Å². The molecule has 0 unspecified atom stereocenters. The Morgan fingerprint density at radius 3 is 2.77 bits per heavy atom. The Balaban J connectivity index is 1.46. The van der Waals surface area contributed by atoms with Gasteiger partial charge in [-0.15, -0.1) is 0 Å². The first-order valence-electron chi connectivity index (χ1n) is 10.5. The summed E-state index contributed by atoms with van der Waals surface area (Å²) in [7, 11) is 1.90. The minimum Gasteiger partial charge on any atom is -0.338 e. The standard InChI is InChI=1S/C22H26N6O2/c1-4-27-13-18(14(2)24-27)21(29)26-10-15-9-16(12-26)19-6-5-17(22(30)28(19)11-15)20-23-7-8-25(20)3/h5-8,13,15-16H,4,9-12H2,1-3H3/t15-,16+/m0/s1. The molecule has 0 saturated carbocycles. The summed E-state index contributed by atoms with van der Waals surface area (Å²) in [5, 5.41) is 4.42. The quantitative estimate of drug-likeness (QED) is 0.667. The highest BCUT2D eigenvalue weighted by Gasteiger charge is 2.37. The van der Waals surface area contributed by atoms with Crippen LogP contribution in [0.5, 0.6) is 0 Å². The van der Waals surface area contributed by atoms with E-state index >= 15 is 0 Å². The number of amides is 1. The molecule has 0 aromatic carbocycles. The van der Waals surface area contributed by atoms with Gasteiger partial charge in [-0.05, 0) is 38.3 Å². The third kappa shape index (κ3) is 2.89. The van der Waals surface area contributed by atoms with Gasteiger partial charge in [-0.25, -0.2) is 4.98 Å². The Morgan fingerprint density at radius 1 is 1.23 bits per heavy atom. The second kappa shape index (κ2) is 6.97. The molecule has 0 N–H and O–H groups in total. The molecule has 3 aromatic rings. The van der Waals surface area contributed by atoms with Crippen molar-refractivity contribution in [3.05, 3.63) is 58.0 Å². The molecule has 5 heterocycles. The maximum absolute atomic E-state index is 13.2. The average molecular weight is 406 g/mol. The van der Waals surface area contributed by atoms with E-state index in [1.54, 1.807) is 10.9 Å². The number of imidazole rings is 1. The van der Waals surface area contributed by atoms with Gasteiger partial charge >= 0.3 is 0 Å². The van der Waals surface area contributed by atoms with E-state index in [1.807, 2.05) is 59.5 Å². The van der Waals surface area contributed by atoms with Crippen molar-refractivity contribution in [1.82, 2.24) is 28.8 Å². The van der Waals surface area contributed by atoms with Crippen LogP contribution < -0.4 is 5.56 Å². The average Bonchev–Trinajstić information content (AvgIpc) is 3.33. The van der Waals surface area contributed by atoms with Gasteiger partial charge in [-0.3, -0.25) is 14.3 Å². The lowest BCUT2D eigenvalue weighted by molar-refractivity contribution is 0.0594. The molecule has 1 saturated heterocycles. The van der Waals surface area contributed by atoms with Crippen molar-refractivity contribution in [3.63, 3.8) is 0 Å². The van der Waals surface area contributed by atoms with Gasteiger partial charge in [0.05, 0.1) is 16.8 Å². The second-order valence-electron chi connectivity index (χ2n) is 8.44. The summed E-state index contributed by atoms with van der Waals surface area (Å²) >= 11 is 0. The number of carbonyl (C=O) groups excluding carboxylic acids is 1. The predicted octanol–water partition coefficient (Wildman–Crippen LogP) is 2.03. The first kappa shape index (κ1) is 18.8. The van der Waals surface area contributed by atoms with Crippen LogP contribution in [0.15, 0.2) is 35.5 Å². The van der Waals surface area contributed by atoms with Crippen LogP contribution in [0.3, 0.4) is 0 Å². The summed E-state index contributed by atoms with van der Waals surface area (Å²) in [6, 6.07) is 3.92. The zero-order chi connectivity index (χ0) is 21.0. The van der Waals surface area contributed by atoms with Crippen molar-refractivity contribution >= 4 is 5.91 Å². The normalized spacial score (nSPS) is 20.3. The maximum atomic E-state index is 13.2. The number of likely N-dealkylation sites (tertiary alicyclic amines) is 1. The maximum Gasteiger partial charge on any atom is 0.261 e. The molecule has 8 nitrogen and oxygen atoms in total. The molecular formula is C22H26N6O2. The monoisotopic (exact) mass is 406 g/mol. The number of carbonyl (C=O) groups is 1. The van der Waals surface area contributed by atoms with E-state index in [0.29, 0.717) is 36.6 Å². The lowest BCUT2D eigenvalue weighted by atomic mass is 9.82. The third-order valence-corrected chi connectivity index (χ3v) is 6.45. The fourth-order valence-corrected chi connectivity index (χ4v) is 4.97. The van der Waals surface area contributed by atoms with E-state index in [0.717, 1.165) is 24.4 Å². The van der Waals surface area contributed by atoms with Crippen LogP contribution in [0.1, 0.15) is 41.0 Å². The number of pyridine rings is 1. The molecule has 2 aliphatic heterocycles. The van der Waals surface area contributed by atoms with Crippen molar-refractivity contribution in [1.29, 1.82) is 0 Å². The highest BCUT2D eigenvalue weighted by Crippen LogP contribution is 2.36. The Hall–Kier alpha value is -3.16. The molecule has 156 valence electrons. The third-order valence-electron chi connectivity index (χ3n) is 6.45. The Labute approximate surface area is 174 Å². The number of aromatic nitrogens is 5. The van der Waals surface area contributed by atoms with Gasteiger partial charge in [0.25, 0.3) is 11.5 Å². The van der Waals surface area contributed by atoms with Crippen LogP contribution >= 0.6 is 0 Å². The van der Waals surface area contributed by atoms with E-state index in [9.17, 15) is 9.59 Å². The number of hydrogen-bond acceptors (Lipinski definition) is 4. The van der Waals surface area contributed by atoms with Crippen molar-refractivity contribution in [2.75, 3.05) is 13.1 Å². The molecule has 2 aliphatic rings. The summed E-state index contributed by atoms with van der Waals surface area (Å²) in [6.07, 6.45) is 6.41. The topological polar surface area (TPSA) is 78.0 Å². The Kier molecular flexibility index (Phi) is 4.38. The SMILES string of the molecule is CCn1cc(C(=O)N2C[C@@H]3C[C@H](C2)c2ccc(-c4nccn4C)c(=O)n2C3)c(C)n1. The van der Waals surface area contributed by atoms with Gasteiger partial charge in [-0.1, -0.05) is 0 Å². The fraction of sp³-hybridized carbons (Fsp3) is 0.455. The Morgan fingerprint density at radius 2 is 2.07 bits per heavy atom. The molecule has 2 atom stereocenters. The molecular weight excluding hydrogens is 380 g/mol. The molecule has 0 spiro atoms. The number of rotatable bonds is 3. The van der Waals surface area contributed by atoms with Crippen LogP contribution in [0.4, 0.5) is 0 Å². The summed E-state index contributed by atoms with van der Waals surface area (Å²) in [4.78, 5) is 32.7. The van der Waals surface area contributed by atoms with Gasteiger partial charge in [0.15, 0.2) is 0 Å². The zero-order valence-corrected chi connectivity index (χ0v) is 17.6. The molecule has 2 bridgehead atoms. The molecule has 0 aliphatic carbocycles. The van der Waals surface area contributed by atoms with Crippen LogP contribution in [0.25, 0.3) is 11.4 Å². The minimum atomic E-state index is 0.0105. The predicted molar refractivity (Wildman–Crippen MR) is 112 cm³/mol. The molecule has 1 fully saturated rings. The lowest BCUT2D eigenvalue weighted by Crippen LogP contribution is -2.49. The summed E-state index contributed by atoms with van der Waals surface area (Å²) in [5.74, 6) is 1.18. The summed E-state index contributed by atoms with van der Waals surface area (Å²) < 4.78 is 5.58. The molecule has 0 radical (unpaired) electrons. The van der Waals surface area contributed by atoms with Crippen molar-refractivity contribution < 1.29 is 4.79 Å². The molecule has 3 aromatic heterocycles. The van der Waals surface area contributed by atoms with Crippen molar-refractivity contribution in [3.8, 4) is 11.4 Å². The minimum absolute atomic E-state index is 0.0105. The number of aryl methyl sites for hydroxylation is 3. The van der Waals surface area contributed by atoms with Gasteiger partial charge in [0.2, 0.25) is 0 Å². The number of hydrogen-bond donors (Lipinski definition) is 0. The van der Waals surface area contributed by atoms with Gasteiger partial charge in [0, 0.05) is 63.4 Å². The first-order valence-corrected chi connectivity index (χ1v) is 10.5. The van der Waals surface area contributed by atoms with Crippen LogP contribution in [-0.4, -0.2) is 47.8 Å². The van der Waals surface area contributed by atoms with E-state index < -0.39 is 0 Å². The smallest absolute Gasteiger partial charge is 0.261 e. The molecule has 5 rings (SSSR count). The van der Waals surface area contributed by atoms with Gasteiger partial charge in [-0.2, -0.15) is 5.10 Å². The van der Waals surface area contributed by atoms with Crippen LogP contribution in [-0.2, 0) is 20.1 Å². The van der Waals surface area contributed by atoms with Gasteiger partial charge < -0.3 is 14.0 Å². The van der Waals surface area contributed by atoms with Crippen LogP contribution in [0.2, 0.25) is 0 Å². The number of nitrogens with zero attached hydrogens (tertiary/aromatic N) is 6.